The van der Waals surface area contributed by atoms with Crippen molar-refractivity contribution in [2.75, 3.05) is 33.9 Å². The number of benzene rings is 3. The fourth-order valence-corrected chi connectivity index (χ4v) is 4.72. The number of hydrogen-bond donors (Lipinski definition) is 0. The summed E-state index contributed by atoms with van der Waals surface area (Å²) in [6.45, 7) is 3.67. The maximum absolute atomic E-state index is 11.9. The highest BCUT2D eigenvalue weighted by Crippen LogP contribution is 2.28. The molecule has 0 heterocycles. The van der Waals surface area contributed by atoms with E-state index in [-0.39, 0.29) is 17.7 Å². The number of carbonyl (C=O) groups is 2. The SMILES string of the molecule is COC(=O)/C=C(/CCCCC(C)=O)c1ccc(OCCN(C)CC(c2ccc(Cl)cc2)c2ccc(Cl)cc2)cc1. The van der Waals surface area contributed by atoms with E-state index in [1.807, 2.05) is 48.5 Å². The maximum atomic E-state index is 11.9. The highest BCUT2D eigenvalue weighted by atomic mass is 35.5. The topological polar surface area (TPSA) is 55.8 Å². The zero-order chi connectivity index (χ0) is 28.9. The number of nitrogens with zero attached hydrogens (tertiary/aromatic N) is 1. The van der Waals surface area contributed by atoms with Crippen LogP contribution in [0.2, 0.25) is 10.0 Å². The van der Waals surface area contributed by atoms with Crippen LogP contribution in [0.25, 0.3) is 5.57 Å². The van der Waals surface area contributed by atoms with Crippen molar-refractivity contribution in [2.24, 2.45) is 0 Å². The Kier molecular flexibility index (Phi) is 12.7. The van der Waals surface area contributed by atoms with Gasteiger partial charge in [0.05, 0.1) is 7.11 Å². The number of esters is 1. The molecule has 0 amide bonds. The van der Waals surface area contributed by atoms with Crippen LogP contribution in [0.5, 0.6) is 5.75 Å². The molecule has 3 aromatic rings. The third-order valence-electron chi connectivity index (χ3n) is 6.72. The number of allylic oxidation sites excluding steroid dienone is 1. The van der Waals surface area contributed by atoms with Crippen LogP contribution in [-0.4, -0.2) is 50.5 Å². The molecule has 0 N–H and O–H groups in total. The number of ketones is 1. The van der Waals surface area contributed by atoms with Crippen molar-refractivity contribution in [3.63, 3.8) is 0 Å². The van der Waals surface area contributed by atoms with Gasteiger partial charge in [0.2, 0.25) is 0 Å². The standard InChI is InChI=1S/C33H37Cl2NO4/c1-24(37)6-4-5-7-28(22-33(38)39-3)25-12-18-31(19-13-25)40-21-20-36(2)23-32(26-8-14-29(34)15-9-26)27-10-16-30(35)17-11-27/h8-19,22,32H,4-7,20-21,23H2,1-3H3/b28-22-. The molecule has 3 aromatic carbocycles. The molecule has 7 heteroatoms. The molecule has 0 unspecified atom stereocenters. The largest absolute Gasteiger partial charge is 0.492 e. The van der Waals surface area contributed by atoms with Crippen molar-refractivity contribution >= 4 is 40.5 Å². The minimum absolute atomic E-state index is 0.161. The van der Waals surface area contributed by atoms with Gasteiger partial charge in [-0.2, -0.15) is 0 Å². The van der Waals surface area contributed by atoms with E-state index in [0.29, 0.717) is 29.5 Å². The van der Waals surface area contributed by atoms with Gasteiger partial charge in [0.1, 0.15) is 18.1 Å². The third kappa shape index (κ3) is 10.5. The minimum Gasteiger partial charge on any atom is -0.492 e. The Morgan fingerprint density at radius 2 is 1.40 bits per heavy atom. The van der Waals surface area contributed by atoms with E-state index < -0.39 is 0 Å². The lowest BCUT2D eigenvalue weighted by Crippen LogP contribution is -2.29. The summed E-state index contributed by atoms with van der Waals surface area (Å²) in [5.74, 6) is 0.712. The van der Waals surface area contributed by atoms with Crippen LogP contribution in [0.3, 0.4) is 0 Å². The Balaban J connectivity index is 1.58. The van der Waals surface area contributed by atoms with Crippen LogP contribution in [0.4, 0.5) is 0 Å². The van der Waals surface area contributed by atoms with Gasteiger partial charge in [-0.25, -0.2) is 4.79 Å². The van der Waals surface area contributed by atoms with Gasteiger partial charge in [-0.05, 0) is 91.9 Å². The molecule has 40 heavy (non-hydrogen) atoms. The van der Waals surface area contributed by atoms with Crippen molar-refractivity contribution in [2.45, 2.75) is 38.5 Å². The van der Waals surface area contributed by atoms with Crippen LogP contribution in [0.1, 0.15) is 55.2 Å². The second-order valence-electron chi connectivity index (χ2n) is 9.89. The predicted octanol–water partition coefficient (Wildman–Crippen LogP) is 7.84. The molecule has 0 atom stereocenters. The number of likely N-dealkylation sites (N-methyl/N-ethyl adjacent to an activating group) is 1. The lowest BCUT2D eigenvalue weighted by molar-refractivity contribution is -0.134. The van der Waals surface area contributed by atoms with Gasteiger partial charge < -0.3 is 19.2 Å². The molecule has 0 radical (unpaired) electrons. The maximum Gasteiger partial charge on any atom is 0.330 e. The third-order valence-corrected chi connectivity index (χ3v) is 7.23. The zero-order valence-electron chi connectivity index (χ0n) is 23.4. The van der Waals surface area contributed by atoms with E-state index in [1.54, 1.807) is 6.92 Å². The van der Waals surface area contributed by atoms with Crippen molar-refractivity contribution in [1.82, 2.24) is 4.90 Å². The molecule has 0 aliphatic rings. The lowest BCUT2D eigenvalue weighted by atomic mass is 9.91. The van der Waals surface area contributed by atoms with Crippen molar-refractivity contribution < 1.29 is 19.1 Å². The zero-order valence-corrected chi connectivity index (χ0v) is 24.9. The second-order valence-corrected chi connectivity index (χ2v) is 10.8. The monoisotopic (exact) mass is 581 g/mol. The fraction of sp³-hybridized carbons (Fsp3) is 0.333. The molecule has 0 aliphatic heterocycles. The molecule has 0 spiro atoms. The number of ether oxygens (including phenoxy) is 2. The first-order chi connectivity index (χ1) is 19.2. The quantitative estimate of drug-likeness (QED) is 0.104. The van der Waals surface area contributed by atoms with Crippen LogP contribution in [0, 0.1) is 0 Å². The number of Topliss-reactive ketones (excluding diaryl/α,β-unsaturated/α-hetero) is 1. The van der Waals surface area contributed by atoms with Crippen LogP contribution in [0.15, 0.2) is 78.9 Å². The van der Waals surface area contributed by atoms with E-state index in [9.17, 15) is 9.59 Å². The molecular formula is C33H37Cl2NO4. The summed E-state index contributed by atoms with van der Waals surface area (Å²) in [5, 5.41) is 1.43. The fourth-order valence-electron chi connectivity index (χ4n) is 4.47. The van der Waals surface area contributed by atoms with E-state index in [4.69, 9.17) is 32.7 Å². The summed E-state index contributed by atoms with van der Waals surface area (Å²) in [6.07, 6.45) is 4.37. The van der Waals surface area contributed by atoms with Gasteiger partial charge in [-0.15, -0.1) is 0 Å². The summed E-state index contributed by atoms with van der Waals surface area (Å²) in [5.41, 5.74) is 4.20. The van der Waals surface area contributed by atoms with E-state index in [1.165, 1.54) is 24.3 Å². The second kappa shape index (κ2) is 16.2. The summed E-state index contributed by atoms with van der Waals surface area (Å²) in [4.78, 5) is 25.4. The van der Waals surface area contributed by atoms with Crippen molar-refractivity contribution in [3.05, 3.63) is 106 Å². The van der Waals surface area contributed by atoms with Gasteiger partial charge >= 0.3 is 5.97 Å². The Morgan fingerprint density at radius 1 is 0.850 bits per heavy atom. The number of hydrogen-bond acceptors (Lipinski definition) is 5. The summed E-state index contributed by atoms with van der Waals surface area (Å²) < 4.78 is 10.9. The van der Waals surface area contributed by atoms with Gasteiger partial charge in [-0.3, -0.25) is 0 Å². The Labute approximate surface area is 247 Å². The normalized spacial score (nSPS) is 11.6. The molecule has 212 valence electrons. The molecule has 3 rings (SSSR count). The average Bonchev–Trinajstić information content (AvgIpc) is 2.94. The summed E-state index contributed by atoms with van der Waals surface area (Å²) in [6, 6.07) is 23.7. The smallest absolute Gasteiger partial charge is 0.330 e. The first kappa shape index (κ1) is 31.4. The number of unbranched alkanes of at least 4 members (excludes halogenated alkanes) is 1. The van der Waals surface area contributed by atoms with Crippen molar-refractivity contribution in [1.29, 1.82) is 0 Å². The summed E-state index contributed by atoms with van der Waals surface area (Å²) >= 11 is 12.3. The van der Waals surface area contributed by atoms with E-state index >= 15 is 0 Å². The molecular weight excluding hydrogens is 545 g/mol. The van der Waals surface area contributed by atoms with E-state index in [0.717, 1.165) is 42.8 Å². The van der Waals surface area contributed by atoms with Crippen molar-refractivity contribution in [3.8, 4) is 5.75 Å². The van der Waals surface area contributed by atoms with Crippen LogP contribution >= 0.6 is 23.2 Å². The number of methoxy groups -OCH3 is 1. The first-order valence-corrected chi connectivity index (χ1v) is 14.2. The number of rotatable bonds is 15. The van der Waals surface area contributed by atoms with Gasteiger partial charge in [0, 0.05) is 41.5 Å². The van der Waals surface area contributed by atoms with E-state index in [2.05, 4.69) is 36.2 Å². The first-order valence-electron chi connectivity index (χ1n) is 13.5. The lowest BCUT2D eigenvalue weighted by Gasteiger charge is -2.25. The predicted molar refractivity (Wildman–Crippen MR) is 163 cm³/mol. The average molecular weight is 583 g/mol. The van der Waals surface area contributed by atoms with Gasteiger partial charge in [0.15, 0.2) is 0 Å². The molecule has 0 saturated heterocycles. The molecule has 5 nitrogen and oxygen atoms in total. The minimum atomic E-state index is -0.388. The van der Waals surface area contributed by atoms with Gasteiger partial charge in [0.25, 0.3) is 0 Å². The highest BCUT2D eigenvalue weighted by molar-refractivity contribution is 6.30. The highest BCUT2D eigenvalue weighted by Gasteiger charge is 2.17. The molecule has 0 saturated carbocycles. The summed E-state index contributed by atoms with van der Waals surface area (Å²) in [7, 11) is 3.45. The number of halogens is 2. The number of carbonyl (C=O) groups excluding carboxylic acids is 2. The van der Waals surface area contributed by atoms with Crippen LogP contribution < -0.4 is 4.74 Å². The molecule has 0 bridgehead atoms. The van der Waals surface area contributed by atoms with Crippen LogP contribution in [-0.2, 0) is 14.3 Å². The molecule has 0 aliphatic carbocycles. The van der Waals surface area contributed by atoms with Gasteiger partial charge in [-0.1, -0.05) is 59.6 Å². The Morgan fingerprint density at radius 3 is 1.93 bits per heavy atom. The Bertz CT molecular complexity index is 1210. The Hall–Kier alpha value is -3.12. The molecule has 0 aromatic heterocycles. The molecule has 0 fully saturated rings.